The minimum absolute atomic E-state index is 0.172. The van der Waals surface area contributed by atoms with Crippen LogP contribution in [-0.2, 0) is 0 Å². The van der Waals surface area contributed by atoms with Gasteiger partial charge >= 0.3 is 0 Å². The van der Waals surface area contributed by atoms with Crippen molar-refractivity contribution >= 4 is 22.1 Å². The second-order valence-electron chi connectivity index (χ2n) is 4.88. The third-order valence-electron chi connectivity index (χ3n) is 3.55. The summed E-state index contributed by atoms with van der Waals surface area (Å²) in [5.41, 5.74) is 2.45. The number of hydrogen-bond donors (Lipinski definition) is 1. The van der Waals surface area contributed by atoms with Crippen LogP contribution in [0.3, 0.4) is 0 Å². The highest BCUT2D eigenvalue weighted by Crippen LogP contribution is 2.32. The maximum atomic E-state index is 4.67. The van der Waals surface area contributed by atoms with Crippen LogP contribution in [0.1, 0.15) is 29.1 Å². The molecule has 20 heavy (non-hydrogen) atoms. The monoisotopic (exact) mass is 282 g/mol. The summed E-state index contributed by atoms with van der Waals surface area (Å²) < 4.78 is 0. The zero-order chi connectivity index (χ0) is 13.9. The normalized spacial score (nSPS) is 12.7. The Morgan fingerprint density at radius 3 is 2.80 bits per heavy atom. The van der Waals surface area contributed by atoms with Crippen molar-refractivity contribution in [2.45, 2.75) is 19.9 Å². The Hall–Kier alpha value is -1.71. The third kappa shape index (κ3) is 2.35. The Morgan fingerprint density at radius 2 is 2.05 bits per heavy atom. The summed E-state index contributed by atoms with van der Waals surface area (Å²) in [6.07, 6.45) is 1.91. The molecule has 3 aromatic rings. The molecule has 3 rings (SSSR count). The smallest absolute Gasteiger partial charge is 0.0853 e. The van der Waals surface area contributed by atoms with Crippen LogP contribution in [0, 0.1) is 6.92 Å². The molecule has 2 nitrogen and oxygen atoms in total. The van der Waals surface area contributed by atoms with Crippen molar-refractivity contribution in [2.75, 3.05) is 6.54 Å². The molecule has 2 heterocycles. The standard InChI is InChI=1S/C17H18N2S/c1-3-18-16(17-12(2)9-11-20-17)15-14-7-5-4-6-13(14)8-10-19-15/h4-11,16,18H,3H2,1-2H3. The summed E-state index contributed by atoms with van der Waals surface area (Å²) in [6.45, 7) is 5.23. The number of aromatic nitrogens is 1. The number of thiophene rings is 1. The summed E-state index contributed by atoms with van der Waals surface area (Å²) in [6, 6.07) is 12.9. The number of hydrogen-bond acceptors (Lipinski definition) is 3. The number of nitrogens with zero attached hydrogens (tertiary/aromatic N) is 1. The van der Waals surface area contributed by atoms with E-state index in [1.54, 1.807) is 11.3 Å². The maximum absolute atomic E-state index is 4.67. The van der Waals surface area contributed by atoms with Crippen molar-refractivity contribution in [1.82, 2.24) is 10.3 Å². The van der Waals surface area contributed by atoms with Gasteiger partial charge in [0.25, 0.3) is 0 Å². The van der Waals surface area contributed by atoms with E-state index < -0.39 is 0 Å². The van der Waals surface area contributed by atoms with Gasteiger partial charge in [-0.25, -0.2) is 0 Å². The zero-order valence-corrected chi connectivity index (χ0v) is 12.6. The maximum Gasteiger partial charge on any atom is 0.0853 e. The summed E-state index contributed by atoms with van der Waals surface area (Å²) in [4.78, 5) is 6.02. The van der Waals surface area contributed by atoms with Crippen molar-refractivity contribution in [3.8, 4) is 0 Å². The van der Waals surface area contributed by atoms with E-state index in [4.69, 9.17) is 0 Å². The summed E-state index contributed by atoms with van der Waals surface area (Å²) in [5, 5.41) is 8.21. The SMILES string of the molecule is CCNC(c1sccc1C)c1nccc2ccccc12. The number of rotatable bonds is 4. The highest BCUT2D eigenvalue weighted by molar-refractivity contribution is 7.10. The van der Waals surface area contributed by atoms with E-state index in [-0.39, 0.29) is 6.04 Å². The molecule has 1 N–H and O–H groups in total. The Bertz CT molecular complexity index is 712. The summed E-state index contributed by atoms with van der Waals surface area (Å²) in [5.74, 6) is 0. The molecule has 0 spiro atoms. The summed E-state index contributed by atoms with van der Waals surface area (Å²) >= 11 is 1.80. The van der Waals surface area contributed by atoms with Gasteiger partial charge in [-0.15, -0.1) is 11.3 Å². The van der Waals surface area contributed by atoms with E-state index in [2.05, 4.69) is 65.9 Å². The molecule has 0 aliphatic heterocycles. The first kappa shape index (κ1) is 13.3. The predicted octanol–water partition coefficient (Wildman–Crippen LogP) is 4.30. The first-order chi connectivity index (χ1) is 9.81. The molecule has 2 aromatic heterocycles. The summed E-state index contributed by atoms with van der Waals surface area (Å²) in [7, 11) is 0. The van der Waals surface area contributed by atoms with Gasteiger partial charge < -0.3 is 5.32 Å². The lowest BCUT2D eigenvalue weighted by atomic mass is 10.0. The molecule has 1 atom stereocenters. The number of benzene rings is 1. The van der Waals surface area contributed by atoms with Crippen LogP contribution in [0.15, 0.2) is 48.0 Å². The lowest BCUT2D eigenvalue weighted by molar-refractivity contribution is 0.626. The van der Waals surface area contributed by atoms with E-state index in [9.17, 15) is 0 Å². The van der Waals surface area contributed by atoms with Crippen LogP contribution < -0.4 is 5.32 Å². The van der Waals surface area contributed by atoms with E-state index in [1.807, 2.05) is 6.20 Å². The largest absolute Gasteiger partial charge is 0.305 e. The minimum Gasteiger partial charge on any atom is -0.305 e. The predicted molar refractivity (Wildman–Crippen MR) is 86.3 cm³/mol. The second-order valence-corrected chi connectivity index (χ2v) is 5.82. The van der Waals surface area contributed by atoms with Gasteiger partial charge in [-0.3, -0.25) is 4.98 Å². The fourth-order valence-corrected chi connectivity index (χ4v) is 3.57. The van der Waals surface area contributed by atoms with Gasteiger partial charge in [0.15, 0.2) is 0 Å². The van der Waals surface area contributed by atoms with Crippen molar-refractivity contribution in [3.05, 3.63) is 64.1 Å². The van der Waals surface area contributed by atoms with Gasteiger partial charge in [0, 0.05) is 16.5 Å². The molecular formula is C17H18N2S. The zero-order valence-electron chi connectivity index (χ0n) is 11.8. The lowest BCUT2D eigenvalue weighted by Gasteiger charge is -2.19. The quantitative estimate of drug-likeness (QED) is 0.771. The molecule has 0 radical (unpaired) electrons. The molecule has 1 unspecified atom stereocenters. The fraction of sp³-hybridized carbons (Fsp3) is 0.235. The van der Waals surface area contributed by atoms with Crippen LogP contribution >= 0.6 is 11.3 Å². The Balaban J connectivity index is 2.17. The van der Waals surface area contributed by atoms with Gasteiger partial charge in [0.2, 0.25) is 0 Å². The number of fused-ring (bicyclic) bond motifs is 1. The second kappa shape index (κ2) is 5.73. The van der Waals surface area contributed by atoms with Crippen molar-refractivity contribution in [1.29, 1.82) is 0 Å². The van der Waals surface area contributed by atoms with Gasteiger partial charge in [0.05, 0.1) is 11.7 Å². The molecular weight excluding hydrogens is 264 g/mol. The number of pyridine rings is 1. The van der Waals surface area contributed by atoms with Gasteiger partial charge in [-0.05, 0) is 41.9 Å². The molecule has 3 heteroatoms. The average molecular weight is 282 g/mol. The fourth-order valence-electron chi connectivity index (χ4n) is 2.57. The Morgan fingerprint density at radius 1 is 1.20 bits per heavy atom. The van der Waals surface area contributed by atoms with Crippen LogP contribution in [0.5, 0.6) is 0 Å². The van der Waals surface area contributed by atoms with Crippen molar-refractivity contribution in [2.24, 2.45) is 0 Å². The molecule has 102 valence electrons. The van der Waals surface area contributed by atoms with Crippen LogP contribution in [0.4, 0.5) is 0 Å². The molecule has 0 amide bonds. The Kier molecular flexibility index (Phi) is 3.81. The van der Waals surface area contributed by atoms with Gasteiger partial charge in [0.1, 0.15) is 0 Å². The molecule has 0 bridgehead atoms. The molecule has 0 saturated carbocycles. The minimum atomic E-state index is 0.172. The van der Waals surface area contributed by atoms with E-state index in [0.717, 1.165) is 12.2 Å². The van der Waals surface area contributed by atoms with Crippen LogP contribution in [0.25, 0.3) is 10.8 Å². The first-order valence-corrected chi connectivity index (χ1v) is 7.80. The van der Waals surface area contributed by atoms with E-state index in [0.29, 0.717) is 0 Å². The molecule has 1 aromatic carbocycles. The highest BCUT2D eigenvalue weighted by atomic mass is 32.1. The highest BCUT2D eigenvalue weighted by Gasteiger charge is 2.19. The van der Waals surface area contributed by atoms with E-state index >= 15 is 0 Å². The van der Waals surface area contributed by atoms with Crippen molar-refractivity contribution < 1.29 is 0 Å². The van der Waals surface area contributed by atoms with Crippen molar-refractivity contribution in [3.63, 3.8) is 0 Å². The molecule has 0 aliphatic rings. The molecule has 0 fully saturated rings. The Labute approximate surface area is 123 Å². The average Bonchev–Trinajstić information content (AvgIpc) is 2.90. The first-order valence-electron chi connectivity index (χ1n) is 6.92. The van der Waals surface area contributed by atoms with Crippen LogP contribution in [0.2, 0.25) is 0 Å². The van der Waals surface area contributed by atoms with E-state index in [1.165, 1.54) is 21.2 Å². The lowest BCUT2D eigenvalue weighted by Crippen LogP contribution is -2.23. The number of aryl methyl sites for hydroxylation is 1. The van der Waals surface area contributed by atoms with Gasteiger partial charge in [-0.2, -0.15) is 0 Å². The third-order valence-corrected chi connectivity index (χ3v) is 4.63. The molecule has 0 saturated heterocycles. The molecule has 0 aliphatic carbocycles. The van der Waals surface area contributed by atoms with Crippen LogP contribution in [-0.4, -0.2) is 11.5 Å². The van der Waals surface area contributed by atoms with Gasteiger partial charge in [-0.1, -0.05) is 31.2 Å². The number of nitrogens with one attached hydrogen (secondary N) is 1. The topological polar surface area (TPSA) is 24.9 Å².